The molecule has 0 atom stereocenters. The van der Waals surface area contributed by atoms with Gasteiger partial charge in [-0.2, -0.15) is 11.8 Å². The number of rotatable bonds is 3. The van der Waals surface area contributed by atoms with Crippen molar-refractivity contribution in [1.29, 1.82) is 0 Å². The molecule has 1 rings (SSSR count). The molecule has 7 heteroatoms. The van der Waals surface area contributed by atoms with Crippen molar-refractivity contribution in [3.05, 3.63) is 23.8 Å². The SMILES string of the molecule is Cc1ccc(N)cc1SC[B-](F)(F)F.[K+]. The van der Waals surface area contributed by atoms with Crippen LogP contribution in [0.2, 0.25) is 0 Å². The van der Waals surface area contributed by atoms with E-state index in [1.54, 1.807) is 25.1 Å². The van der Waals surface area contributed by atoms with Crippen molar-refractivity contribution in [3.8, 4) is 0 Å². The van der Waals surface area contributed by atoms with E-state index in [-0.39, 0.29) is 51.4 Å². The predicted molar refractivity (Wildman–Crippen MR) is 55.4 cm³/mol. The fourth-order valence-corrected chi connectivity index (χ4v) is 1.84. The predicted octanol–water partition coefficient (Wildman–Crippen LogP) is 0.0599. The summed E-state index contributed by atoms with van der Waals surface area (Å²) in [6.07, 6.45) is 0. The largest absolute Gasteiger partial charge is 1.00 e. The van der Waals surface area contributed by atoms with E-state index in [2.05, 4.69) is 0 Å². The number of hydrogen-bond acceptors (Lipinski definition) is 2. The molecule has 0 aromatic heterocycles. The zero-order chi connectivity index (χ0) is 10.8. The number of anilines is 1. The Kier molecular flexibility index (Phi) is 6.94. The first-order valence-corrected chi connectivity index (χ1v) is 5.07. The summed E-state index contributed by atoms with van der Waals surface area (Å²) in [6.45, 7) is -2.96. The van der Waals surface area contributed by atoms with Crippen molar-refractivity contribution in [2.24, 2.45) is 0 Å². The van der Waals surface area contributed by atoms with E-state index in [0.29, 0.717) is 10.6 Å². The smallest absolute Gasteiger partial charge is 0.448 e. The van der Waals surface area contributed by atoms with E-state index < -0.39 is 12.6 Å². The molecule has 1 nitrogen and oxygen atoms in total. The standard InChI is InChI=1S/C8H10BF3NS.K/c1-6-2-3-7(13)4-8(6)14-5-9(10,11)12;/h2-4H,5,13H2,1H3;/q-1;+1. The quantitative estimate of drug-likeness (QED) is 0.472. The third kappa shape index (κ3) is 6.23. The molecular weight excluding hydrogens is 249 g/mol. The maximum atomic E-state index is 12.0. The molecule has 0 aliphatic heterocycles. The van der Waals surface area contributed by atoms with E-state index in [0.717, 1.165) is 17.3 Å². The van der Waals surface area contributed by atoms with E-state index in [1.807, 2.05) is 0 Å². The van der Waals surface area contributed by atoms with E-state index in [1.165, 1.54) is 0 Å². The third-order valence-corrected chi connectivity index (χ3v) is 2.94. The summed E-state index contributed by atoms with van der Waals surface area (Å²) in [6, 6.07) is 4.97. The number of benzene rings is 1. The summed E-state index contributed by atoms with van der Waals surface area (Å²) in [5.41, 5.74) is 5.98. The maximum absolute atomic E-state index is 12.0. The second-order valence-corrected chi connectivity index (χ2v) is 4.11. The zero-order valence-corrected chi connectivity index (χ0v) is 12.6. The van der Waals surface area contributed by atoms with Crippen LogP contribution in [0.3, 0.4) is 0 Å². The first-order valence-electron chi connectivity index (χ1n) is 4.08. The summed E-state index contributed by atoms with van der Waals surface area (Å²) in [5.74, 6) is 0. The minimum atomic E-state index is -4.73. The Balaban J connectivity index is 0.00000196. The molecule has 0 bridgehead atoms. The van der Waals surface area contributed by atoms with E-state index >= 15 is 0 Å². The molecule has 0 saturated carbocycles. The molecule has 2 N–H and O–H groups in total. The molecule has 0 unspecified atom stereocenters. The first kappa shape index (κ1) is 15.9. The van der Waals surface area contributed by atoms with Crippen molar-refractivity contribution in [2.45, 2.75) is 11.8 Å². The van der Waals surface area contributed by atoms with Crippen LogP contribution in [0.4, 0.5) is 18.6 Å². The second-order valence-electron chi connectivity index (χ2n) is 3.05. The Morgan fingerprint density at radius 2 is 1.93 bits per heavy atom. The number of halogens is 3. The van der Waals surface area contributed by atoms with Crippen LogP contribution in [0.25, 0.3) is 0 Å². The van der Waals surface area contributed by atoms with Crippen molar-refractivity contribution >= 4 is 24.4 Å². The molecular formula is C8H10BF3KNS. The minimum Gasteiger partial charge on any atom is -0.448 e. The van der Waals surface area contributed by atoms with Crippen LogP contribution in [0, 0.1) is 6.92 Å². The fraction of sp³-hybridized carbons (Fsp3) is 0.250. The molecule has 0 amide bonds. The molecule has 0 aliphatic carbocycles. The zero-order valence-electron chi connectivity index (χ0n) is 8.64. The number of nitrogen functional groups attached to an aromatic ring is 1. The molecule has 0 radical (unpaired) electrons. The van der Waals surface area contributed by atoms with Crippen LogP contribution in [-0.4, -0.2) is 12.6 Å². The van der Waals surface area contributed by atoms with Gasteiger partial charge in [0.1, 0.15) is 0 Å². The first-order chi connectivity index (χ1) is 6.38. The monoisotopic (exact) mass is 259 g/mol. The molecule has 1 aromatic rings. The fourth-order valence-electron chi connectivity index (χ4n) is 0.956. The normalized spacial score (nSPS) is 10.9. The van der Waals surface area contributed by atoms with Gasteiger partial charge in [0.25, 0.3) is 0 Å². The van der Waals surface area contributed by atoms with Gasteiger partial charge in [-0.3, -0.25) is 0 Å². The van der Waals surface area contributed by atoms with Crippen LogP contribution >= 0.6 is 11.8 Å². The van der Waals surface area contributed by atoms with Gasteiger partial charge in [-0.1, -0.05) is 6.07 Å². The minimum absolute atomic E-state index is 0. The molecule has 0 saturated heterocycles. The average Bonchev–Trinajstić information content (AvgIpc) is 2.05. The van der Waals surface area contributed by atoms with Gasteiger partial charge in [-0.25, -0.2) is 0 Å². The average molecular weight is 259 g/mol. The number of hydrogen-bond donors (Lipinski definition) is 1. The van der Waals surface area contributed by atoms with E-state index in [4.69, 9.17) is 5.73 Å². The summed E-state index contributed by atoms with van der Waals surface area (Å²) < 4.78 is 36.0. The molecule has 0 spiro atoms. The van der Waals surface area contributed by atoms with Crippen LogP contribution < -0.4 is 57.1 Å². The van der Waals surface area contributed by atoms with Gasteiger partial charge in [0.15, 0.2) is 0 Å². The summed E-state index contributed by atoms with van der Waals surface area (Å²) in [4.78, 5) is 0.601. The van der Waals surface area contributed by atoms with Crippen LogP contribution in [0.5, 0.6) is 0 Å². The Labute approximate surface area is 134 Å². The van der Waals surface area contributed by atoms with Gasteiger partial charge in [0.05, 0.1) is 0 Å². The second kappa shape index (κ2) is 6.56. The maximum Gasteiger partial charge on any atom is 1.00 e. The molecule has 1 aromatic carbocycles. The topological polar surface area (TPSA) is 26.0 Å². The van der Waals surface area contributed by atoms with Gasteiger partial charge >= 0.3 is 58.4 Å². The van der Waals surface area contributed by atoms with Crippen LogP contribution in [0.1, 0.15) is 5.56 Å². The Morgan fingerprint density at radius 1 is 1.33 bits per heavy atom. The Morgan fingerprint density at radius 3 is 2.47 bits per heavy atom. The number of thioether (sulfide) groups is 1. The molecule has 0 aliphatic rings. The molecule has 0 fully saturated rings. The Bertz CT molecular complexity index is 332. The summed E-state index contributed by atoms with van der Waals surface area (Å²) >= 11 is 0.791. The van der Waals surface area contributed by atoms with E-state index in [9.17, 15) is 12.9 Å². The van der Waals surface area contributed by atoms with Gasteiger partial charge in [-0.15, -0.1) is 0 Å². The summed E-state index contributed by atoms with van der Waals surface area (Å²) in [7, 11) is 0. The van der Waals surface area contributed by atoms with Crippen LogP contribution in [0.15, 0.2) is 23.1 Å². The Hall–Kier alpha value is 0.861. The van der Waals surface area contributed by atoms with Gasteiger partial charge < -0.3 is 18.7 Å². The van der Waals surface area contributed by atoms with Gasteiger partial charge in [0.2, 0.25) is 0 Å². The van der Waals surface area contributed by atoms with Crippen LogP contribution in [-0.2, 0) is 0 Å². The van der Waals surface area contributed by atoms with Crippen molar-refractivity contribution in [3.63, 3.8) is 0 Å². The summed E-state index contributed by atoms with van der Waals surface area (Å²) in [5, 5.41) is 0. The van der Waals surface area contributed by atoms with Crippen molar-refractivity contribution in [1.82, 2.24) is 0 Å². The molecule has 78 valence electrons. The van der Waals surface area contributed by atoms with Gasteiger partial charge in [-0.05, 0) is 30.3 Å². The van der Waals surface area contributed by atoms with Crippen molar-refractivity contribution < 1.29 is 64.3 Å². The molecule has 0 heterocycles. The van der Waals surface area contributed by atoms with Crippen molar-refractivity contribution in [2.75, 3.05) is 11.4 Å². The number of nitrogens with two attached hydrogens (primary N) is 1. The van der Waals surface area contributed by atoms with Gasteiger partial charge in [0, 0.05) is 10.6 Å². The number of aryl methyl sites for hydroxylation is 1. The third-order valence-electron chi connectivity index (χ3n) is 1.64. The molecule has 15 heavy (non-hydrogen) atoms.